The molecule has 0 aliphatic rings. The van der Waals surface area contributed by atoms with Gasteiger partial charge in [0.1, 0.15) is 17.1 Å². The minimum atomic E-state index is -0.543. The highest BCUT2D eigenvalue weighted by atomic mass is 32.1. The Morgan fingerprint density at radius 2 is 1.97 bits per heavy atom. The zero-order valence-corrected chi connectivity index (χ0v) is 18.6. The summed E-state index contributed by atoms with van der Waals surface area (Å²) in [6.07, 6.45) is 1.33. The fraction of sp³-hybridized carbons (Fsp3) is 0.190. The van der Waals surface area contributed by atoms with Crippen LogP contribution in [-0.4, -0.2) is 20.4 Å². The van der Waals surface area contributed by atoms with Gasteiger partial charge in [-0.3, -0.25) is 24.3 Å². The van der Waals surface area contributed by atoms with Gasteiger partial charge in [-0.25, -0.2) is 4.98 Å². The van der Waals surface area contributed by atoms with Crippen LogP contribution < -0.4 is 10.9 Å². The number of amides is 1. The Morgan fingerprint density at radius 1 is 1.23 bits per heavy atom. The van der Waals surface area contributed by atoms with Crippen molar-refractivity contribution in [2.24, 2.45) is 0 Å². The second-order valence-electron chi connectivity index (χ2n) is 7.18. The van der Waals surface area contributed by atoms with Gasteiger partial charge in [0.2, 0.25) is 5.91 Å². The van der Waals surface area contributed by atoms with Crippen LogP contribution >= 0.6 is 22.7 Å². The Hall–Kier alpha value is -3.37. The molecule has 10 heteroatoms. The number of hydrogen-bond donors (Lipinski definition) is 1. The lowest BCUT2D eigenvalue weighted by atomic mass is 10.1. The van der Waals surface area contributed by atoms with E-state index in [-0.39, 0.29) is 23.5 Å². The summed E-state index contributed by atoms with van der Waals surface area (Å²) < 4.78 is 1.22. The first-order valence-corrected chi connectivity index (χ1v) is 11.0. The number of aromatic nitrogens is 2. The number of nitro benzene ring substituents is 1. The van der Waals surface area contributed by atoms with E-state index in [9.17, 15) is 19.7 Å². The molecule has 1 N–H and O–H groups in total. The van der Waals surface area contributed by atoms with Crippen LogP contribution in [0, 0.1) is 30.9 Å². The van der Waals surface area contributed by atoms with Gasteiger partial charge in [-0.05, 0) is 50.1 Å². The maximum atomic E-state index is 13.1. The summed E-state index contributed by atoms with van der Waals surface area (Å²) in [5.74, 6) is -0.543. The second-order valence-corrected chi connectivity index (χ2v) is 9.32. The third-order valence-corrected chi connectivity index (χ3v) is 6.88. The largest absolute Gasteiger partial charge is 0.319 e. The lowest BCUT2D eigenvalue weighted by Gasteiger charge is -2.10. The minimum Gasteiger partial charge on any atom is -0.319 e. The van der Waals surface area contributed by atoms with E-state index in [1.54, 1.807) is 31.3 Å². The highest BCUT2D eigenvalue weighted by Crippen LogP contribution is 2.35. The fourth-order valence-corrected chi connectivity index (χ4v) is 5.10. The van der Waals surface area contributed by atoms with Crippen molar-refractivity contribution in [3.63, 3.8) is 0 Å². The van der Waals surface area contributed by atoms with Gasteiger partial charge in [-0.1, -0.05) is 0 Å². The summed E-state index contributed by atoms with van der Waals surface area (Å²) in [5.41, 5.74) is 1.96. The molecule has 0 fully saturated rings. The first-order valence-electron chi connectivity index (χ1n) is 9.33. The Kier molecular flexibility index (Phi) is 5.42. The van der Waals surface area contributed by atoms with Crippen LogP contribution in [0.5, 0.6) is 0 Å². The van der Waals surface area contributed by atoms with Gasteiger partial charge >= 0.3 is 0 Å². The van der Waals surface area contributed by atoms with Crippen LogP contribution in [0.1, 0.15) is 16.0 Å². The van der Waals surface area contributed by atoms with E-state index in [2.05, 4.69) is 10.3 Å². The molecule has 0 aliphatic heterocycles. The predicted molar refractivity (Wildman–Crippen MR) is 123 cm³/mol. The maximum Gasteiger partial charge on any atom is 0.293 e. The molecule has 0 aliphatic carbocycles. The summed E-state index contributed by atoms with van der Waals surface area (Å²) >= 11 is 2.96. The van der Waals surface area contributed by atoms with Crippen molar-refractivity contribution < 1.29 is 9.72 Å². The smallest absolute Gasteiger partial charge is 0.293 e. The first-order chi connectivity index (χ1) is 14.7. The average Bonchev–Trinajstić information content (AvgIpc) is 3.33. The van der Waals surface area contributed by atoms with E-state index in [0.717, 1.165) is 26.4 Å². The topological polar surface area (TPSA) is 107 Å². The molecule has 0 unspecified atom stereocenters. The SMILES string of the molecule is Cc1ccc(-c2csc3ncn(CC(=O)Nc4cc(C)c(C)cc4[N+](=O)[O-])c(=O)c23)s1. The molecule has 0 saturated carbocycles. The first kappa shape index (κ1) is 20.9. The lowest BCUT2D eigenvalue weighted by molar-refractivity contribution is -0.384. The Balaban J connectivity index is 1.66. The zero-order valence-electron chi connectivity index (χ0n) is 17.0. The summed E-state index contributed by atoms with van der Waals surface area (Å²) in [5, 5.41) is 16.3. The van der Waals surface area contributed by atoms with Gasteiger partial charge in [-0.15, -0.1) is 22.7 Å². The van der Waals surface area contributed by atoms with Gasteiger partial charge < -0.3 is 5.32 Å². The monoisotopic (exact) mass is 454 g/mol. The summed E-state index contributed by atoms with van der Waals surface area (Å²) in [6, 6.07) is 6.93. The number of aryl methyl sites for hydroxylation is 3. The molecule has 1 amide bonds. The Morgan fingerprint density at radius 3 is 2.65 bits per heavy atom. The number of nitrogens with zero attached hydrogens (tertiary/aromatic N) is 3. The second kappa shape index (κ2) is 8.05. The van der Waals surface area contributed by atoms with Crippen molar-refractivity contribution >= 4 is 50.2 Å². The number of carbonyl (C=O) groups excluding carboxylic acids is 1. The van der Waals surface area contributed by atoms with E-state index in [4.69, 9.17) is 0 Å². The van der Waals surface area contributed by atoms with Crippen molar-refractivity contribution in [3.8, 4) is 10.4 Å². The number of hydrogen-bond acceptors (Lipinski definition) is 7. The molecule has 1 aromatic carbocycles. The van der Waals surface area contributed by atoms with E-state index in [0.29, 0.717) is 10.2 Å². The number of rotatable bonds is 5. The predicted octanol–water partition coefficient (Wildman–Crippen LogP) is 4.66. The number of anilines is 1. The number of thiophene rings is 2. The molecule has 3 heterocycles. The summed E-state index contributed by atoms with van der Waals surface area (Å²) in [7, 11) is 0. The van der Waals surface area contributed by atoms with Gasteiger partial charge in [0.05, 0.1) is 16.6 Å². The molecule has 0 radical (unpaired) electrons. The van der Waals surface area contributed by atoms with Gasteiger partial charge in [0.25, 0.3) is 11.2 Å². The van der Waals surface area contributed by atoms with Gasteiger partial charge in [0.15, 0.2) is 0 Å². The zero-order chi connectivity index (χ0) is 22.3. The molecule has 31 heavy (non-hydrogen) atoms. The quantitative estimate of drug-likeness (QED) is 0.349. The fourth-order valence-electron chi connectivity index (χ4n) is 3.24. The average molecular weight is 455 g/mol. The van der Waals surface area contributed by atoms with Crippen LogP contribution in [0.3, 0.4) is 0 Å². The molecule has 4 aromatic rings. The molecule has 3 aromatic heterocycles. The number of nitrogens with one attached hydrogen (secondary N) is 1. The lowest BCUT2D eigenvalue weighted by Crippen LogP contribution is -2.28. The molecular formula is C21H18N4O4S2. The third-order valence-electron chi connectivity index (χ3n) is 4.96. The molecule has 158 valence electrons. The highest BCUT2D eigenvalue weighted by molar-refractivity contribution is 7.19. The molecule has 0 spiro atoms. The summed E-state index contributed by atoms with van der Waals surface area (Å²) in [4.78, 5) is 43.6. The molecule has 4 rings (SSSR count). The number of benzene rings is 1. The van der Waals surface area contributed by atoms with Crippen LogP contribution in [0.4, 0.5) is 11.4 Å². The molecular weight excluding hydrogens is 436 g/mol. The van der Waals surface area contributed by atoms with Crippen molar-refractivity contribution in [1.29, 1.82) is 0 Å². The normalized spacial score (nSPS) is 11.1. The van der Waals surface area contributed by atoms with Crippen LogP contribution in [0.25, 0.3) is 20.7 Å². The highest BCUT2D eigenvalue weighted by Gasteiger charge is 2.19. The van der Waals surface area contributed by atoms with Crippen molar-refractivity contribution in [1.82, 2.24) is 9.55 Å². The molecule has 0 saturated heterocycles. The Labute approximate surface area is 185 Å². The number of nitro groups is 1. The Bertz CT molecular complexity index is 1400. The van der Waals surface area contributed by atoms with E-state index < -0.39 is 10.8 Å². The van der Waals surface area contributed by atoms with Crippen molar-refractivity contribution in [2.75, 3.05) is 5.32 Å². The molecule has 8 nitrogen and oxygen atoms in total. The number of carbonyl (C=O) groups is 1. The van der Waals surface area contributed by atoms with E-state index in [1.807, 2.05) is 24.4 Å². The molecule has 0 atom stereocenters. The van der Waals surface area contributed by atoms with Gasteiger partial charge in [-0.2, -0.15) is 0 Å². The van der Waals surface area contributed by atoms with Crippen molar-refractivity contribution in [2.45, 2.75) is 27.3 Å². The van der Waals surface area contributed by atoms with Crippen LogP contribution in [0.15, 0.2) is 40.8 Å². The summed E-state index contributed by atoms with van der Waals surface area (Å²) in [6.45, 7) is 5.27. The minimum absolute atomic E-state index is 0.102. The third kappa shape index (κ3) is 3.99. The van der Waals surface area contributed by atoms with E-state index in [1.165, 1.54) is 28.3 Å². The van der Waals surface area contributed by atoms with E-state index >= 15 is 0 Å². The number of fused-ring (bicyclic) bond motifs is 1. The standard InChI is InChI=1S/C21H18N4O4S2/c1-11-6-15(16(25(28)29)7-12(11)2)23-18(26)8-24-10-22-20-19(21(24)27)14(9-30-20)17-5-4-13(3)31-17/h4-7,9-10H,8H2,1-3H3,(H,23,26). The maximum absolute atomic E-state index is 13.1. The van der Waals surface area contributed by atoms with Crippen molar-refractivity contribution in [3.05, 3.63) is 72.4 Å². The molecule has 0 bridgehead atoms. The van der Waals surface area contributed by atoms with Crippen LogP contribution in [0.2, 0.25) is 0 Å². The van der Waals surface area contributed by atoms with Gasteiger partial charge in [0, 0.05) is 26.8 Å². The van der Waals surface area contributed by atoms with Crippen LogP contribution in [-0.2, 0) is 11.3 Å².